The van der Waals surface area contributed by atoms with Crippen LogP contribution in [-0.2, 0) is 6.42 Å². The van der Waals surface area contributed by atoms with E-state index in [1.807, 2.05) is 0 Å². The van der Waals surface area contributed by atoms with Gasteiger partial charge < -0.3 is 10.6 Å². The molecule has 5 nitrogen and oxygen atoms in total. The van der Waals surface area contributed by atoms with Gasteiger partial charge >= 0.3 is 0 Å². The van der Waals surface area contributed by atoms with Gasteiger partial charge in [-0.3, -0.25) is 0 Å². The van der Waals surface area contributed by atoms with Crippen molar-refractivity contribution in [2.24, 2.45) is 0 Å². The second kappa shape index (κ2) is 7.94. The Hall–Kier alpha value is -2.99. The molecule has 142 valence electrons. The largest absolute Gasteiger partial charge is 0.383 e. The molecule has 4 rings (SSSR count). The van der Waals surface area contributed by atoms with Crippen molar-refractivity contribution in [3.8, 4) is 11.3 Å². The minimum atomic E-state index is 0.479. The van der Waals surface area contributed by atoms with E-state index in [2.05, 4.69) is 76.6 Å². The van der Waals surface area contributed by atoms with E-state index in [1.165, 1.54) is 16.9 Å². The highest BCUT2D eigenvalue weighted by Gasteiger charge is 2.13. The van der Waals surface area contributed by atoms with Gasteiger partial charge in [0.25, 0.3) is 0 Å². The third-order valence-electron chi connectivity index (χ3n) is 4.95. The van der Waals surface area contributed by atoms with Gasteiger partial charge in [-0.2, -0.15) is 0 Å². The average Bonchev–Trinajstić information content (AvgIpc) is 3.22. The van der Waals surface area contributed by atoms with E-state index in [9.17, 15) is 0 Å². The Balaban J connectivity index is 1.79. The van der Waals surface area contributed by atoms with E-state index in [0.717, 1.165) is 41.7 Å². The Bertz CT molecular complexity index is 1070. The van der Waals surface area contributed by atoms with Gasteiger partial charge in [0.15, 0.2) is 5.65 Å². The number of nitrogen functional groups attached to an aromatic ring is 1. The smallest absolute Gasteiger partial charge is 0.165 e. The lowest BCUT2D eigenvalue weighted by molar-refractivity contribution is 0.866. The van der Waals surface area contributed by atoms with Crippen LogP contribution < -0.4 is 10.6 Å². The summed E-state index contributed by atoms with van der Waals surface area (Å²) in [6, 6.07) is 14.9. The quantitative estimate of drug-likeness (QED) is 0.514. The zero-order chi connectivity index (χ0) is 19.5. The van der Waals surface area contributed by atoms with E-state index in [-0.39, 0.29) is 0 Å². The third-order valence-corrected chi connectivity index (χ3v) is 5.83. The Kier molecular flexibility index (Phi) is 5.21. The number of benzene rings is 1. The lowest BCUT2D eigenvalue weighted by Crippen LogP contribution is -2.21. The summed E-state index contributed by atoms with van der Waals surface area (Å²) in [5.41, 5.74) is 11.1. The number of fused-ring (bicyclic) bond motifs is 1. The van der Waals surface area contributed by atoms with Crippen molar-refractivity contribution in [3.05, 3.63) is 64.6 Å². The molecule has 0 bridgehead atoms. The highest BCUT2D eigenvalue weighted by molar-refractivity contribution is 7.09. The first-order valence-electron chi connectivity index (χ1n) is 9.47. The minimum Gasteiger partial charge on any atom is -0.383 e. The summed E-state index contributed by atoms with van der Waals surface area (Å²) in [6.07, 6.45) is 2.27. The predicted octanol–water partition coefficient (Wildman–Crippen LogP) is 4.77. The summed E-state index contributed by atoms with van der Waals surface area (Å²) in [4.78, 5) is 16.9. The van der Waals surface area contributed by atoms with E-state index < -0.39 is 0 Å². The molecule has 0 saturated heterocycles. The van der Waals surface area contributed by atoms with Crippen LogP contribution in [0, 0.1) is 0 Å². The molecule has 0 unspecified atom stereocenters. The number of nitrogens with zero attached hydrogens (tertiary/aromatic N) is 4. The number of aromatic nitrogens is 3. The number of anilines is 2. The highest BCUT2D eigenvalue weighted by Crippen LogP contribution is 2.30. The van der Waals surface area contributed by atoms with Crippen molar-refractivity contribution in [1.82, 2.24) is 15.0 Å². The molecule has 0 atom stereocenters. The van der Waals surface area contributed by atoms with Crippen LogP contribution in [0.25, 0.3) is 22.3 Å². The Morgan fingerprint density at radius 1 is 1.04 bits per heavy atom. The van der Waals surface area contributed by atoms with Gasteiger partial charge in [0, 0.05) is 35.6 Å². The molecule has 1 aromatic carbocycles. The van der Waals surface area contributed by atoms with Crippen LogP contribution in [0.4, 0.5) is 11.5 Å². The molecule has 28 heavy (non-hydrogen) atoms. The molecular weight excluding hydrogens is 366 g/mol. The van der Waals surface area contributed by atoms with Crippen LogP contribution >= 0.6 is 11.3 Å². The fourth-order valence-electron chi connectivity index (χ4n) is 3.49. The molecule has 0 fully saturated rings. The summed E-state index contributed by atoms with van der Waals surface area (Å²) in [6.45, 7) is 6.32. The fraction of sp³-hybridized carbons (Fsp3) is 0.227. The average molecular weight is 390 g/mol. The molecule has 3 heterocycles. The van der Waals surface area contributed by atoms with Crippen LogP contribution in [0.2, 0.25) is 0 Å². The molecule has 6 heteroatoms. The Morgan fingerprint density at radius 3 is 2.50 bits per heavy atom. The predicted molar refractivity (Wildman–Crippen MR) is 118 cm³/mol. The van der Waals surface area contributed by atoms with Gasteiger partial charge in [-0.05, 0) is 49.1 Å². The van der Waals surface area contributed by atoms with Gasteiger partial charge in [-0.1, -0.05) is 18.2 Å². The van der Waals surface area contributed by atoms with Gasteiger partial charge in [-0.25, -0.2) is 15.0 Å². The number of hydrogen-bond acceptors (Lipinski definition) is 6. The number of hydrogen-bond donors (Lipinski definition) is 1. The number of pyridine rings is 1. The second-order valence-electron chi connectivity index (χ2n) is 6.60. The van der Waals surface area contributed by atoms with Crippen molar-refractivity contribution in [3.63, 3.8) is 0 Å². The first-order valence-corrected chi connectivity index (χ1v) is 10.4. The van der Waals surface area contributed by atoms with Crippen LogP contribution in [0.3, 0.4) is 0 Å². The lowest BCUT2D eigenvalue weighted by Gasteiger charge is -2.21. The van der Waals surface area contributed by atoms with E-state index in [4.69, 9.17) is 10.7 Å². The van der Waals surface area contributed by atoms with Crippen molar-refractivity contribution in [2.45, 2.75) is 20.3 Å². The molecule has 0 aliphatic carbocycles. The maximum absolute atomic E-state index is 6.17. The monoisotopic (exact) mass is 389 g/mol. The minimum absolute atomic E-state index is 0.479. The topological polar surface area (TPSA) is 67.9 Å². The number of rotatable bonds is 6. The van der Waals surface area contributed by atoms with Gasteiger partial charge in [0.05, 0.1) is 11.1 Å². The summed E-state index contributed by atoms with van der Waals surface area (Å²) in [7, 11) is 0. The standard InChI is InChI=1S/C22H23N5S/c1-3-27(4-2)17-9-7-15(8-10-17)19-13-16(12-18-6-5-11-28-18)20-21(23)24-14-25-22(20)26-19/h5-11,13-14H,3-4,12H2,1-2H3,(H2,23,24,25,26). The SMILES string of the molecule is CCN(CC)c1ccc(-c2cc(Cc3cccs3)c3c(N)ncnc3n2)cc1. The molecule has 0 saturated carbocycles. The van der Waals surface area contributed by atoms with Crippen LogP contribution in [0.5, 0.6) is 0 Å². The van der Waals surface area contributed by atoms with Crippen molar-refractivity contribution in [2.75, 3.05) is 23.7 Å². The van der Waals surface area contributed by atoms with E-state index in [1.54, 1.807) is 11.3 Å². The Labute approximate surface area is 168 Å². The molecule has 0 spiro atoms. The third kappa shape index (κ3) is 3.55. The van der Waals surface area contributed by atoms with Gasteiger partial charge in [-0.15, -0.1) is 11.3 Å². The first-order chi connectivity index (χ1) is 13.7. The first kappa shape index (κ1) is 18.4. The molecule has 0 amide bonds. The second-order valence-corrected chi connectivity index (χ2v) is 7.63. The molecule has 0 aliphatic rings. The van der Waals surface area contributed by atoms with Crippen LogP contribution in [0.15, 0.2) is 54.2 Å². The summed E-state index contributed by atoms with van der Waals surface area (Å²) < 4.78 is 0. The van der Waals surface area contributed by atoms with Gasteiger partial charge in [0.1, 0.15) is 12.1 Å². The van der Waals surface area contributed by atoms with Gasteiger partial charge in [0.2, 0.25) is 0 Å². The normalized spacial score (nSPS) is 11.1. The molecular formula is C22H23N5S. The summed E-state index contributed by atoms with van der Waals surface area (Å²) >= 11 is 1.74. The molecule has 0 aliphatic heterocycles. The maximum Gasteiger partial charge on any atom is 0.165 e. The zero-order valence-electron chi connectivity index (χ0n) is 16.1. The van der Waals surface area contributed by atoms with E-state index >= 15 is 0 Å². The number of thiophene rings is 1. The maximum atomic E-state index is 6.17. The van der Waals surface area contributed by atoms with Crippen molar-refractivity contribution >= 4 is 33.9 Å². The van der Waals surface area contributed by atoms with Crippen LogP contribution in [-0.4, -0.2) is 28.0 Å². The summed E-state index contributed by atoms with van der Waals surface area (Å²) in [5.74, 6) is 0.479. The van der Waals surface area contributed by atoms with E-state index in [0.29, 0.717) is 11.5 Å². The summed E-state index contributed by atoms with van der Waals surface area (Å²) in [5, 5.41) is 2.94. The highest BCUT2D eigenvalue weighted by atomic mass is 32.1. The number of nitrogens with two attached hydrogens (primary N) is 1. The van der Waals surface area contributed by atoms with Crippen molar-refractivity contribution in [1.29, 1.82) is 0 Å². The zero-order valence-corrected chi connectivity index (χ0v) is 16.9. The van der Waals surface area contributed by atoms with Crippen molar-refractivity contribution < 1.29 is 0 Å². The lowest BCUT2D eigenvalue weighted by atomic mass is 10.0. The van der Waals surface area contributed by atoms with Crippen LogP contribution in [0.1, 0.15) is 24.3 Å². The molecule has 0 radical (unpaired) electrons. The Morgan fingerprint density at radius 2 is 1.82 bits per heavy atom. The molecule has 3 aromatic heterocycles. The molecule has 2 N–H and O–H groups in total. The molecule has 4 aromatic rings. The fourth-order valence-corrected chi connectivity index (χ4v) is 4.21.